The van der Waals surface area contributed by atoms with Gasteiger partial charge in [0.1, 0.15) is 5.82 Å². The van der Waals surface area contributed by atoms with Crippen molar-refractivity contribution in [1.82, 2.24) is 14.7 Å². The maximum Gasteiger partial charge on any atom is 0.148 e. The molecule has 1 aromatic rings. The fourth-order valence-corrected chi connectivity index (χ4v) is 2.21. The molecule has 1 atom stereocenters. The second-order valence-corrected chi connectivity index (χ2v) is 4.80. The van der Waals surface area contributed by atoms with Crippen molar-refractivity contribution >= 4 is 11.5 Å². The molecule has 0 bridgehead atoms. The molecule has 1 aromatic heterocycles. The Morgan fingerprint density at radius 1 is 1.56 bits per heavy atom. The fraction of sp³-hybridized carbons (Fsp3) is 0.750. The van der Waals surface area contributed by atoms with Crippen LogP contribution in [0.3, 0.4) is 0 Å². The molecule has 1 fully saturated rings. The highest BCUT2D eigenvalue weighted by Crippen LogP contribution is 2.22. The average molecular weight is 253 g/mol. The van der Waals surface area contributed by atoms with Gasteiger partial charge in [0.2, 0.25) is 0 Å². The van der Waals surface area contributed by atoms with Crippen molar-refractivity contribution in [2.45, 2.75) is 26.5 Å². The summed E-state index contributed by atoms with van der Waals surface area (Å²) in [6.07, 6.45) is 0.212. The summed E-state index contributed by atoms with van der Waals surface area (Å²) >= 11 is 0. The molecule has 1 unspecified atom stereocenters. The van der Waals surface area contributed by atoms with E-state index in [1.807, 2.05) is 11.6 Å². The summed E-state index contributed by atoms with van der Waals surface area (Å²) in [5, 5.41) is 7.75. The molecule has 2 rings (SSSR count). The summed E-state index contributed by atoms with van der Waals surface area (Å²) < 4.78 is 7.62. The van der Waals surface area contributed by atoms with Gasteiger partial charge >= 0.3 is 0 Å². The predicted molar refractivity (Wildman–Crippen MR) is 72.8 cm³/mol. The quantitative estimate of drug-likeness (QED) is 0.819. The number of rotatable bonds is 4. The maximum absolute atomic E-state index is 6.02. The summed E-state index contributed by atoms with van der Waals surface area (Å²) in [5.41, 5.74) is 7.64. The van der Waals surface area contributed by atoms with E-state index < -0.39 is 0 Å². The maximum atomic E-state index is 6.02. The molecule has 0 saturated carbocycles. The first-order valence-corrected chi connectivity index (χ1v) is 6.48. The molecule has 0 aliphatic carbocycles. The number of likely N-dealkylation sites (N-methyl/N-ethyl adjacent to an activating group) is 1. The van der Waals surface area contributed by atoms with Crippen LogP contribution in [0.25, 0.3) is 0 Å². The molecule has 0 spiro atoms. The van der Waals surface area contributed by atoms with Gasteiger partial charge in [-0.05, 0) is 20.9 Å². The summed E-state index contributed by atoms with van der Waals surface area (Å²) in [5.74, 6) is 0.909. The van der Waals surface area contributed by atoms with E-state index in [4.69, 9.17) is 10.5 Å². The van der Waals surface area contributed by atoms with E-state index in [9.17, 15) is 0 Å². The van der Waals surface area contributed by atoms with Gasteiger partial charge in [-0.3, -0.25) is 0 Å². The number of hydrogen-bond acceptors (Lipinski definition) is 5. The third-order valence-corrected chi connectivity index (χ3v) is 3.31. The standard InChI is InChI=1S/C12H23N5O/c1-4-17-12(11(13)9(2)15-17)14-7-10-8-16(3)5-6-18-10/h10,14H,4-8,13H2,1-3H3. The van der Waals surface area contributed by atoms with E-state index >= 15 is 0 Å². The summed E-state index contributed by atoms with van der Waals surface area (Å²) in [4.78, 5) is 2.28. The Bertz CT molecular complexity index is 403. The second-order valence-electron chi connectivity index (χ2n) is 4.80. The molecule has 1 saturated heterocycles. The van der Waals surface area contributed by atoms with Gasteiger partial charge in [-0.1, -0.05) is 0 Å². The zero-order valence-electron chi connectivity index (χ0n) is 11.4. The van der Waals surface area contributed by atoms with Crippen molar-refractivity contribution in [2.75, 3.05) is 44.3 Å². The van der Waals surface area contributed by atoms with E-state index in [1.54, 1.807) is 0 Å². The topological polar surface area (TPSA) is 68.3 Å². The van der Waals surface area contributed by atoms with Crippen LogP contribution < -0.4 is 11.1 Å². The average Bonchev–Trinajstić information content (AvgIpc) is 2.63. The van der Waals surface area contributed by atoms with Gasteiger partial charge in [-0.2, -0.15) is 5.10 Å². The Morgan fingerprint density at radius 3 is 3.00 bits per heavy atom. The van der Waals surface area contributed by atoms with E-state index in [0.29, 0.717) is 0 Å². The third-order valence-electron chi connectivity index (χ3n) is 3.31. The fourth-order valence-electron chi connectivity index (χ4n) is 2.21. The number of hydrogen-bond donors (Lipinski definition) is 2. The van der Waals surface area contributed by atoms with Crippen molar-refractivity contribution in [3.05, 3.63) is 5.69 Å². The molecular weight excluding hydrogens is 230 g/mol. The summed E-state index contributed by atoms with van der Waals surface area (Å²) in [6.45, 7) is 8.31. The monoisotopic (exact) mass is 253 g/mol. The Morgan fingerprint density at radius 2 is 2.33 bits per heavy atom. The van der Waals surface area contributed by atoms with Crippen LogP contribution in [0.15, 0.2) is 0 Å². The molecule has 18 heavy (non-hydrogen) atoms. The lowest BCUT2D eigenvalue weighted by Gasteiger charge is -2.30. The van der Waals surface area contributed by atoms with Gasteiger partial charge in [0, 0.05) is 26.2 Å². The highest BCUT2D eigenvalue weighted by molar-refractivity contribution is 5.64. The van der Waals surface area contributed by atoms with Crippen LogP contribution in [-0.4, -0.2) is 54.1 Å². The molecule has 0 amide bonds. The Hall–Kier alpha value is -1.27. The summed E-state index contributed by atoms with van der Waals surface area (Å²) in [6, 6.07) is 0. The van der Waals surface area contributed by atoms with Crippen LogP contribution in [0.4, 0.5) is 11.5 Å². The van der Waals surface area contributed by atoms with Crippen LogP contribution in [0.2, 0.25) is 0 Å². The van der Waals surface area contributed by atoms with Crippen molar-refractivity contribution in [2.24, 2.45) is 0 Å². The zero-order valence-corrected chi connectivity index (χ0v) is 11.4. The van der Waals surface area contributed by atoms with Gasteiger partial charge in [-0.15, -0.1) is 0 Å². The number of anilines is 2. The van der Waals surface area contributed by atoms with Crippen molar-refractivity contribution in [3.63, 3.8) is 0 Å². The second kappa shape index (κ2) is 5.58. The van der Waals surface area contributed by atoms with E-state index in [0.717, 1.165) is 50.0 Å². The minimum absolute atomic E-state index is 0.212. The number of aryl methyl sites for hydroxylation is 2. The van der Waals surface area contributed by atoms with Crippen LogP contribution >= 0.6 is 0 Å². The number of nitrogens with two attached hydrogens (primary N) is 1. The molecule has 102 valence electrons. The Labute approximate surface area is 108 Å². The van der Waals surface area contributed by atoms with E-state index in [1.165, 1.54) is 0 Å². The Balaban J connectivity index is 1.97. The van der Waals surface area contributed by atoms with E-state index in [-0.39, 0.29) is 6.10 Å². The zero-order chi connectivity index (χ0) is 13.1. The molecule has 3 N–H and O–H groups in total. The van der Waals surface area contributed by atoms with Crippen LogP contribution in [-0.2, 0) is 11.3 Å². The third kappa shape index (κ3) is 2.76. The molecule has 2 heterocycles. The van der Waals surface area contributed by atoms with Gasteiger partial charge in [0.25, 0.3) is 0 Å². The van der Waals surface area contributed by atoms with E-state index in [2.05, 4.69) is 29.3 Å². The Kier molecular flexibility index (Phi) is 4.08. The van der Waals surface area contributed by atoms with Gasteiger partial charge in [0.05, 0.1) is 24.1 Å². The number of morpholine rings is 1. The van der Waals surface area contributed by atoms with Crippen molar-refractivity contribution in [3.8, 4) is 0 Å². The molecule has 1 aliphatic heterocycles. The number of nitrogens with one attached hydrogen (secondary N) is 1. The first-order chi connectivity index (χ1) is 8.61. The SMILES string of the molecule is CCn1nc(C)c(N)c1NCC1CN(C)CCO1. The first kappa shape index (κ1) is 13.2. The number of nitrogen functional groups attached to an aromatic ring is 1. The van der Waals surface area contributed by atoms with Gasteiger partial charge in [0.15, 0.2) is 0 Å². The molecule has 6 nitrogen and oxygen atoms in total. The highest BCUT2D eigenvalue weighted by atomic mass is 16.5. The van der Waals surface area contributed by atoms with Crippen molar-refractivity contribution in [1.29, 1.82) is 0 Å². The van der Waals surface area contributed by atoms with Crippen LogP contribution in [0.5, 0.6) is 0 Å². The lowest BCUT2D eigenvalue weighted by molar-refractivity contribution is -0.0117. The first-order valence-electron chi connectivity index (χ1n) is 6.48. The van der Waals surface area contributed by atoms with Gasteiger partial charge < -0.3 is 20.7 Å². The number of ether oxygens (including phenoxy) is 1. The van der Waals surface area contributed by atoms with Crippen LogP contribution in [0, 0.1) is 6.92 Å². The molecule has 0 radical (unpaired) electrons. The lowest BCUT2D eigenvalue weighted by Crippen LogP contribution is -2.43. The van der Waals surface area contributed by atoms with Gasteiger partial charge in [-0.25, -0.2) is 4.68 Å². The predicted octanol–water partition coefficient (Wildman–Crippen LogP) is 0.536. The number of nitrogens with zero attached hydrogens (tertiary/aromatic N) is 3. The molecule has 0 aromatic carbocycles. The normalized spacial score (nSPS) is 21.2. The van der Waals surface area contributed by atoms with Crippen molar-refractivity contribution < 1.29 is 4.74 Å². The smallest absolute Gasteiger partial charge is 0.148 e. The highest BCUT2D eigenvalue weighted by Gasteiger charge is 2.19. The number of aromatic nitrogens is 2. The molecule has 6 heteroatoms. The minimum atomic E-state index is 0.212. The molecule has 1 aliphatic rings. The van der Waals surface area contributed by atoms with Crippen LogP contribution in [0.1, 0.15) is 12.6 Å². The molecular formula is C12H23N5O. The largest absolute Gasteiger partial charge is 0.394 e. The minimum Gasteiger partial charge on any atom is -0.394 e. The lowest BCUT2D eigenvalue weighted by atomic mass is 10.3. The summed E-state index contributed by atoms with van der Waals surface area (Å²) in [7, 11) is 2.12.